The molecule has 0 atom stereocenters. The number of hydrogen-bond donors (Lipinski definition) is 0. The summed E-state index contributed by atoms with van der Waals surface area (Å²) in [4.78, 5) is 10.5. The summed E-state index contributed by atoms with van der Waals surface area (Å²) in [6.45, 7) is 4.70. The van der Waals surface area contributed by atoms with Crippen LogP contribution in [-0.4, -0.2) is 14.5 Å². The number of para-hydroxylation sites is 1. The third-order valence-corrected chi connectivity index (χ3v) is 9.99. The minimum Gasteiger partial charge on any atom is -0.454 e. The maximum atomic E-state index is 6.76. The molecule has 0 aliphatic heterocycles. The first-order chi connectivity index (χ1) is 23.1. The number of fused-ring (bicyclic) bond motifs is 11. The second-order valence-electron chi connectivity index (χ2n) is 13.0. The van der Waals surface area contributed by atoms with E-state index < -0.39 is 0 Å². The molecule has 4 heteroatoms. The first-order valence-electron chi connectivity index (χ1n) is 16.1. The van der Waals surface area contributed by atoms with Crippen molar-refractivity contribution in [3.63, 3.8) is 0 Å². The molecule has 222 valence electrons. The van der Waals surface area contributed by atoms with E-state index in [1.807, 2.05) is 30.3 Å². The fourth-order valence-electron chi connectivity index (χ4n) is 7.87. The van der Waals surface area contributed by atoms with Crippen LogP contribution in [0.1, 0.15) is 25.0 Å². The van der Waals surface area contributed by atoms with E-state index in [9.17, 15) is 0 Å². The average molecular weight is 604 g/mol. The van der Waals surface area contributed by atoms with Gasteiger partial charge >= 0.3 is 0 Å². The summed E-state index contributed by atoms with van der Waals surface area (Å²) in [5.41, 5.74) is 11.8. The number of rotatable bonds is 3. The van der Waals surface area contributed by atoms with Gasteiger partial charge in [0.2, 0.25) is 0 Å². The lowest BCUT2D eigenvalue weighted by molar-refractivity contribution is 0.662. The summed E-state index contributed by atoms with van der Waals surface area (Å²) in [5, 5.41) is 4.53. The third-order valence-electron chi connectivity index (χ3n) is 9.99. The molecule has 1 aliphatic carbocycles. The SMILES string of the molecule is CC1(C)c2ccccc2-c2ccc3c4ccc5c6ccccc6oc5c4n(-c4cc(-c5ccccc5)nc(-c5ccccc5)n4)c3c21. The van der Waals surface area contributed by atoms with Crippen molar-refractivity contribution in [3.8, 4) is 39.6 Å². The second kappa shape index (κ2) is 9.51. The highest BCUT2D eigenvalue weighted by Crippen LogP contribution is 2.53. The first-order valence-corrected chi connectivity index (χ1v) is 16.1. The Labute approximate surface area is 271 Å². The second-order valence-corrected chi connectivity index (χ2v) is 13.0. The minimum atomic E-state index is -0.234. The third kappa shape index (κ3) is 3.64. The van der Waals surface area contributed by atoms with Crippen LogP contribution in [0.3, 0.4) is 0 Å². The molecule has 3 heterocycles. The van der Waals surface area contributed by atoms with Crippen molar-refractivity contribution in [2.45, 2.75) is 19.3 Å². The Morgan fingerprint density at radius 2 is 1.21 bits per heavy atom. The van der Waals surface area contributed by atoms with Crippen LogP contribution in [-0.2, 0) is 5.41 Å². The summed E-state index contributed by atoms with van der Waals surface area (Å²) in [7, 11) is 0. The van der Waals surface area contributed by atoms with Crippen LogP contribution < -0.4 is 0 Å². The van der Waals surface area contributed by atoms with Crippen LogP contribution in [0.2, 0.25) is 0 Å². The van der Waals surface area contributed by atoms with Gasteiger partial charge in [-0.3, -0.25) is 4.57 Å². The molecule has 0 unspecified atom stereocenters. The van der Waals surface area contributed by atoms with Gasteiger partial charge in [0.15, 0.2) is 11.4 Å². The zero-order valence-electron chi connectivity index (χ0n) is 26.0. The van der Waals surface area contributed by atoms with Crippen molar-refractivity contribution in [1.29, 1.82) is 0 Å². The van der Waals surface area contributed by atoms with E-state index in [0.29, 0.717) is 5.82 Å². The molecule has 1 aliphatic rings. The van der Waals surface area contributed by atoms with Gasteiger partial charge in [-0.05, 0) is 34.4 Å². The van der Waals surface area contributed by atoms with Gasteiger partial charge < -0.3 is 4.42 Å². The van der Waals surface area contributed by atoms with E-state index in [1.54, 1.807) is 0 Å². The van der Waals surface area contributed by atoms with Crippen molar-refractivity contribution >= 4 is 43.7 Å². The Balaban J connectivity index is 1.42. The van der Waals surface area contributed by atoms with Crippen LogP contribution in [0.15, 0.2) is 144 Å². The van der Waals surface area contributed by atoms with Gasteiger partial charge in [-0.15, -0.1) is 0 Å². The molecule has 0 bridgehead atoms. The molecule has 4 nitrogen and oxygen atoms in total. The maximum absolute atomic E-state index is 6.76. The molecule has 0 N–H and O–H groups in total. The van der Waals surface area contributed by atoms with Crippen LogP contribution in [0.25, 0.3) is 83.3 Å². The molecule has 0 amide bonds. The van der Waals surface area contributed by atoms with Gasteiger partial charge in [0.1, 0.15) is 11.4 Å². The van der Waals surface area contributed by atoms with Crippen molar-refractivity contribution in [1.82, 2.24) is 14.5 Å². The lowest BCUT2D eigenvalue weighted by Gasteiger charge is -2.23. The quantitative estimate of drug-likeness (QED) is 0.202. The fraction of sp³-hybridized carbons (Fsp3) is 0.0698. The molecule has 0 spiro atoms. The summed E-state index contributed by atoms with van der Waals surface area (Å²) >= 11 is 0. The van der Waals surface area contributed by atoms with E-state index in [1.165, 1.54) is 27.6 Å². The highest BCUT2D eigenvalue weighted by Gasteiger charge is 2.39. The van der Waals surface area contributed by atoms with Gasteiger partial charge in [-0.25, -0.2) is 9.97 Å². The van der Waals surface area contributed by atoms with E-state index in [-0.39, 0.29) is 5.41 Å². The van der Waals surface area contributed by atoms with Gasteiger partial charge in [0.25, 0.3) is 0 Å². The first kappa shape index (κ1) is 26.2. The summed E-state index contributed by atoms with van der Waals surface area (Å²) in [6, 6.07) is 49.0. The molecule has 3 aromatic heterocycles. The molecule has 10 rings (SSSR count). The molecule has 0 saturated heterocycles. The van der Waals surface area contributed by atoms with E-state index >= 15 is 0 Å². The number of aromatic nitrogens is 3. The topological polar surface area (TPSA) is 43.9 Å². The average Bonchev–Trinajstić information content (AvgIpc) is 3.75. The Kier molecular flexibility index (Phi) is 5.31. The number of hydrogen-bond acceptors (Lipinski definition) is 3. The Morgan fingerprint density at radius 1 is 0.553 bits per heavy atom. The number of benzene rings is 6. The number of furan rings is 1. The van der Waals surface area contributed by atoms with Gasteiger partial charge in [-0.1, -0.05) is 135 Å². The lowest BCUT2D eigenvalue weighted by atomic mass is 9.81. The number of nitrogens with zero attached hydrogens (tertiary/aromatic N) is 3. The molecule has 0 radical (unpaired) electrons. The molecule has 9 aromatic rings. The van der Waals surface area contributed by atoms with Crippen molar-refractivity contribution < 1.29 is 4.42 Å². The molecule has 0 fully saturated rings. The fourth-order valence-corrected chi connectivity index (χ4v) is 7.87. The molecule has 47 heavy (non-hydrogen) atoms. The van der Waals surface area contributed by atoms with E-state index in [2.05, 4.69) is 128 Å². The molecular weight excluding hydrogens is 574 g/mol. The summed E-state index contributed by atoms with van der Waals surface area (Å²) < 4.78 is 9.12. The van der Waals surface area contributed by atoms with Crippen LogP contribution in [0.5, 0.6) is 0 Å². The highest BCUT2D eigenvalue weighted by molar-refractivity contribution is 6.22. The lowest BCUT2D eigenvalue weighted by Crippen LogP contribution is -2.16. The summed E-state index contributed by atoms with van der Waals surface area (Å²) in [5.74, 6) is 1.50. The highest BCUT2D eigenvalue weighted by atomic mass is 16.3. The largest absolute Gasteiger partial charge is 0.454 e. The van der Waals surface area contributed by atoms with Crippen LogP contribution in [0.4, 0.5) is 0 Å². The standard InChI is InChI=1S/C43H29N3O/c1-43(2)34-19-11-9-17-28(34)30-21-22-31-32-23-24-33-29-18-10-12-20-36(29)47-41(33)40(32)46(39(31)38(30)43)37-25-35(26-13-5-3-6-14-26)44-42(45-37)27-15-7-4-8-16-27/h3-25H,1-2H3. The van der Waals surface area contributed by atoms with Crippen molar-refractivity contribution in [2.24, 2.45) is 0 Å². The van der Waals surface area contributed by atoms with Gasteiger partial charge in [-0.2, -0.15) is 0 Å². The molecule has 6 aromatic carbocycles. The maximum Gasteiger partial charge on any atom is 0.162 e. The zero-order chi connectivity index (χ0) is 31.3. The Bertz CT molecular complexity index is 2640. The van der Waals surface area contributed by atoms with Crippen LogP contribution >= 0.6 is 0 Å². The Hall–Kier alpha value is -6.00. The normalized spacial score (nSPS) is 13.5. The predicted molar refractivity (Wildman–Crippen MR) is 192 cm³/mol. The van der Waals surface area contributed by atoms with E-state index in [0.717, 1.165) is 61.0 Å². The molecule has 0 saturated carbocycles. The van der Waals surface area contributed by atoms with Gasteiger partial charge in [0, 0.05) is 44.2 Å². The molecular formula is C43H29N3O. The monoisotopic (exact) mass is 603 g/mol. The van der Waals surface area contributed by atoms with Crippen molar-refractivity contribution in [2.75, 3.05) is 0 Å². The Morgan fingerprint density at radius 3 is 2.04 bits per heavy atom. The van der Waals surface area contributed by atoms with Crippen LogP contribution in [0, 0.1) is 0 Å². The predicted octanol–water partition coefficient (Wildman–Crippen LogP) is 11.1. The van der Waals surface area contributed by atoms with Gasteiger partial charge in [0.05, 0.1) is 16.7 Å². The summed E-state index contributed by atoms with van der Waals surface area (Å²) in [6.07, 6.45) is 0. The van der Waals surface area contributed by atoms with E-state index in [4.69, 9.17) is 14.4 Å². The smallest absolute Gasteiger partial charge is 0.162 e. The zero-order valence-corrected chi connectivity index (χ0v) is 26.0. The minimum absolute atomic E-state index is 0.234. The van der Waals surface area contributed by atoms with Crippen molar-refractivity contribution in [3.05, 3.63) is 151 Å².